The minimum Gasteiger partial charge on any atom is -0.375 e. The van der Waals surface area contributed by atoms with Crippen molar-refractivity contribution in [1.29, 1.82) is 0 Å². The summed E-state index contributed by atoms with van der Waals surface area (Å²) in [7, 11) is 1.54. The number of nitrogens with two attached hydrogens (primary N) is 2. The highest BCUT2D eigenvalue weighted by molar-refractivity contribution is 7.13. The van der Waals surface area contributed by atoms with Gasteiger partial charge < -0.3 is 10.5 Å². The van der Waals surface area contributed by atoms with Gasteiger partial charge in [0.05, 0.1) is 5.69 Å². The standard InChI is InChI=1S/C6H11N3OS/c1-6(8,10-2)4-3-11-5(7)9-4/h3H,8H2,1-2H3,(H2,7,9). The minimum absolute atomic E-state index is 0.508. The summed E-state index contributed by atoms with van der Waals surface area (Å²) in [4.78, 5) is 4.00. The van der Waals surface area contributed by atoms with Crippen molar-refractivity contribution in [3.05, 3.63) is 11.1 Å². The Morgan fingerprint density at radius 1 is 1.73 bits per heavy atom. The van der Waals surface area contributed by atoms with Crippen LogP contribution in [0.3, 0.4) is 0 Å². The zero-order valence-corrected chi connectivity index (χ0v) is 7.31. The first-order valence-electron chi connectivity index (χ1n) is 3.12. The van der Waals surface area contributed by atoms with Crippen molar-refractivity contribution in [2.75, 3.05) is 12.8 Å². The number of methoxy groups -OCH3 is 1. The molecule has 0 spiro atoms. The quantitative estimate of drug-likeness (QED) is 0.639. The molecule has 0 aliphatic carbocycles. The molecule has 0 aromatic carbocycles. The van der Waals surface area contributed by atoms with Crippen molar-refractivity contribution in [2.45, 2.75) is 12.6 Å². The van der Waals surface area contributed by atoms with Crippen LogP contribution in [0.15, 0.2) is 5.38 Å². The minimum atomic E-state index is -0.825. The Kier molecular flexibility index (Phi) is 2.12. The van der Waals surface area contributed by atoms with Gasteiger partial charge in [-0.1, -0.05) is 0 Å². The van der Waals surface area contributed by atoms with Gasteiger partial charge >= 0.3 is 0 Å². The average molecular weight is 173 g/mol. The van der Waals surface area contributed by atoms with Gasteiger partial charge in [-0.15, -0.1) is 11.3 Å². The Bertz CT molecular complexity index is 246. The molecule has 0 radical (unpaired) electrons. The van der Waals surface area contributed by atoms with Gasteiger partial charge in [-0.25, -0.2) is 4.98 Å². The summed E-state index contributed by atoms with van der Waals surface area (Å²) in [5, 5.41) is 2.30. The molecule has 0 aliphatic rings. The molecule has 1 aromatic heterocycles. The maximum atomic E-state index is 5.72. The molecule has 5 heteroatoms. The van der Waals surface area contributed by atoms with E-state index in [1.807, 2.05) is 0 Å². The Hall–Kier alpha value is -0.650. The normalized spacial score (nSPS) is 16.3. The topological polar surface area (TPSA) is 74.2 Å². The van der Waals surface area contributed by atoms with Crippen LogP contribution in [0, 0.1) is 0 Å². The van der Waals surface area contributed by atoms with Crippen molar-refractivity contribution < 1.29 is 4.74 Å². The van der Waals surface area contributed by atoms with E-state index in [-0.39, 0.29) is 0 Å². The molecule has 11 heavy (non-hydrogen) atoms. The fraction of sp³-hybridized carbons (Fsp3) is 0.500. The number of hydrogen-bond acceptors (Lipinski definition) is 5. The molecular weight excluding hydrogens is 162 g/mol. The van der Waals surface area contributed by atoms with Crippen molar-refractivity contribution in [3.63, 3.8) is 0 Å². The van der Waals surface area contributed by atoms with E-state index in [0.29, 0.717) is 10.8 Å². The van der Waals surface area contributed by atoms with Gasteiger partial charge in [0.25, 0.3) is 0 Å². The van der Waals surface area contributed by atoms with Crippen LogP contribution in [0.2, 0.25) is 0 Å². The summed E-state index contributed by atoms with van der Waals surface area (Å²) >= 11 is 1.35. The number of nitrogens with zero attached hydrogens (tertiary/aromatic N) is 1. The molecule has 1 heterocycles. The average Bonchev–Trinajstić information content (AvgIpc) is 2.36. The summed E-state index contributed by atoms with van der Waals surface area (Å²) in [6.45, 7) is 1.74. The first kappa shape index (κ1) is 8.45. The molecule has 0 saturated heterocycles. The van der Waals surface area contributed by atoms with Gasteiger partial charge in [0.2, 0.25) is 0 Å². The number of hydrogen-bond donors (Lipinski definition) is 2. The second-order valence-corrected chi connectivity index (χ2v) is 3.27. The first-order chi connectivity index (χ1) is 5.06. The van der Waals surface area contributed by atoms with Crippen molar-refractivity contribution >= 4 is 16.5 Å². The smallest absolute Gasteiger partial charge is 0.180 e. The van der Waals surface area contributed by atoms with Crippen LogP contribution in [-0.2, 0) is 10.5 Å². The van der Waals surface area contributed by atoms with Crippen molar-refractivity contribution in [1.82, 2.24) is 4.98 Å². The first-order valence-corrected chi connectivity index (χ1v) is 4.00. The molecule has 0 aliphatic heterocycles. The van der Waals surface area contributed by atoms with E-state index >= 15 is 0 Å². The molecule has 1 aromatic rings. The number of ether oxygens (including phenoxy) is 1. The number of rotatable bonds is 2. The SMILES string of the molecule is COC(C)(N)c1csc(N)n1. The van der Waals surface area contributed by atoms with Crippen LogP contribution in [0.1, 0.15) is 12.6 Å². The molecule has 1 atom stereocenters. The second-order valence-electron chi connectivity index (χ2n) is 2.38. The summed E-state index contributed by atoms with van der Waals surface area (Å²) in [6.07, 6.45) is 0. The van der Waals surface area contributed by atoms with E-state index in [1.165, 1.54) is 18.4 Å². The summed E-state index contributed by atoms with van der Waals surface area (Å²) in [6, 6.07) is 0. The molecule has 62 valence electrons. The van der Waals surface area contributed by atoms with Crippen molar-refractivity contribution in [2.24, 2.45) is 5.73 Å². The van der Waals surface area contributed by atoms with Crippen LogP contribution >= 0.6 is 11.3 Å². The van der Waals surface area contributed by atoms with Crippen LogP contribution in [0.5, 0.6) is 0 Å². The maximum absolute atomic E-state index is 5.72. The predicted molar refractivity (Wildman–Crippen MR) is 45.1 cm³/mol. The third-order valence-corrected chi connectivity index (χ3v) is 2.13. The lowest BCUT2D eigenvalue weighted by molar-refractivity contribution is 0.00458. The Labute approximate surface area is 69.2 Å². The second kappa shape index (κ2) is 2.77. The van der Waals surface area contributed by atoms with Crippen LogP contribution in [-0.4, -0.2) is 12.1 Å². The third kappa shape index (κ3) is 1.68. The number of nitrogen functional groups attached to an aromatic ring is 1. The van der Waals surface area contributed by atoms with E-state index in [2.05, 4.69) is 4.98 Å². The monoisotopic (exact) mass is 173 g/mol. The lowest BCUT2D eigenvalue weighted by atomic mass is 10.2. The highest BCUT2D eigenvalue weighted by Gasteiger charge is 2.22. The molecular formula is C6H11N3OS. The highest BCUT2D eigenvalue weighted by Crippen LogP contribution is 2.21. The van der Waals surface area contributed by atoms with Crippen LogP contribution in [0.4, 0.5) is 5.13 Å². The zero-order valence-electron chi connectivity index (χ0n) is 6.50. The molecule has 1 rings (SSSR count). The van der Waals surface area contributed by atoms with Gasteiger partial charge in [0, 0.05) is 12.5 Å². The lowest BCUT2D eigenvalue weighted by Crippen LogP contribution is -2.35. The molecule has 1 unspecified atom stereocenters. The molecule has 0 bridgehead atoms. The third-order valence-electron chi connectivity index (χ3n) is 1.45. The molecule has 4 N–H and O–H groups in total. The van der Waals surface area contributed by atoms with E-state index in [4.69, 9.17) is 16.2 Å². The Morgan fingerprint density at radius 2 is 2.36 bits per heavy atom. The molecule has 4 nitrogen and oxygen atoms in total. The highest BCUT2D eigenvalue weighted by atomic mass is 32.1. The van der Waals surface area contributed by atoms with E-state index in [9.17, 15) is 0 Å². The van der Waals surface area contributed by atoms with E-state index in [0.717, 1.165) is 0 Å². The Balaban J connectivity index is 2.92. The number of anilines is 1. The number of thiazole rings is 1. The summed E-state index contributed by atoms with van der Waals surface area (Å²) in [5.41, 5.74) is 11.0. The van der Waals surface area contributed by atoms with Crippen molar-refractivity contribution in [3.8, 4) is 0 Å². The van der Waals surface area contributed by atoms with Crippen LogP contribution < -0.4 is 11.5 Å². The largest absolute Gasteiger partial charge is 0.375 e. The van der Waals surface area contributed by atoms with Gasteiger partial charge in [0.1, 0.15) is 0 Å². The van der Waals surface area contributed by atoms with E-state index < -0.39 is 5.72 Å². The number of aromatic nitrogens is 1. The molecule has 0 amide bonds. The lowest BCUT2D eigenvalue weighted by Gasteiger charge is -2.19. The summed E-state index contributed by atoms with van der Waals surface area (Å²) < 4.78 is 5.00. The van der Waals surface area contributed by atoms with Crippen LogP contribution in [0.25, 0.3) is 0 Å². The Morgan fingerprint density at radius 3 is 2.73 bits per heavy atom. The maximum Gasteiger partial charge on any atom is 0.180 e. The summed E-state index contributed by atoms with van der Waals surface area (Å²) in [5.74, 6) is 0. The fourth-order valence-electron chi connectivity index (χ4n) is 0.620. The van der Waals surface area contributed by atoms with Gasteiger partial charge in [0.15, 0.2) is 10.9 Å². The van der Waals surface area contributed by atoms with Gasteiger partial charge in [-0.05, 0) is 6.92 Å². The van der Waals surface area contributed by atoms with Gasteiger partial charge in [-0.3, -0.25) is 5.73 Å². The zero-order chi connectivity index (χ0) is 8.48. The molecule has 0 saturated carbocycles. The fourth-order valence-corrected chi connectivity index (χ4v) is 1.29. The van der Waals surface area contributed by atoms with E-state index in [1.54, 1.807) is 12.3 Å². The predicted octanol–water partition coefficient (Wildman–Crippen LogP) is 0.503. The van der Waals surface area contributed by atoms with Gasteiger partial charge in [-0.2, -0.15) is 0 Å². The molecule has 0 fully saturated rings.